The second kappa shape index (κ2) is 5.36. The molecule has 0 spiro atoms. The lowest BCUT2D eigenvalue weighted by atomic mass is 10.1. The zero-order valence-electron chi connectivity index (χ0n) is 13.2. The summed E-state index contributed by atoms with van der Waals surface area (Å²) in [6.07, 6.45) is 5.89. The first kappa shape index (κ1) is 14.7. The third kappa shape index (κ3) is 2.08. The minimum Gasteiger partial charge on any atom is -0.496 e. The second-order valence-corrected chi connectivity index (χ2v) is 6.15. The maximum absolute atomic E-state index is 12.4. The van der Waals surface area contributed by atoms with Gasteiger partial charge in [-0.1, -0.05) is 12.8 Å². The summed E-state index contributed by atoms with van der Waals surface area (Å²) in [4.78, 5) is 26.7. The van der Waals surface area contributed by atoms with Gasteiger partial charge in [0.05, 0.1) is 35.8 Å². The topological polar surface area (TPSA) is 97.2 Å². The average molecular weight is 327 g/mol. The smallest absolute Gasteiger partial charge is 0.339 e. The van der Waals surface area contributed by atoms with Crippen molar-refractivity contribution < 1.29 is 14.6 Å². The third-order valence-electron chi connectivity index (χ3n) is 4.78. The highest BCUT2D eigenvalue weighted by Crippen LogP contribution is 2.34. The van der Waals surface area contributed by atoms with Crippen molar-refractivity contribution in [1.29, 1.82) is 0 Å². The maximum Gasteiger partial charge on any atom is 0.339 e. The van der Waals surface area contributed by atoms with Crippen LogP contribution in [0.4, 0.5) is 0 Å². The molecule has 2 heterocycles. The number of H-pyrrole nitrogens is 1. The molecule has 1 aromatic carbocycles. The molecule has 0 radical (unpaired) electrons. The average Bonchev–Trinajstić information content (AvgIpc) is 3.23. The molecule has 124 valence electrons. The quantitative estimate of drug-likeness (QED) is 0.771. The van der Waals surface area contributed by atoms with Crippen molar-refractivity contribution in [3.8, 4) is 5.75 Å². The van der Waals surface area contributed by atoms with Crippen LogP contribution in [0.5, 0.6) is 5.75 Å². The molecule has 0 saturated heterocycles. The second-order valence-electron chi connectivity index (χ2n) is 6.15. The largest absolute Gasteiger partial charge is 0.496 e. The Balaban J connectivity index is 2.10. The molecule has 7 nitrogen and oxygen atoms in total. The van der Waals surface area contributed by atoms with Gasteiger partial charge in [-0.3, -0.25) is 9.48 Å². The molecule has 0 bridgehead atoms. The summed E-state index contributed by atoms with van der Waals surface area (Å²) < 4.78 is 7.04. The van der Waals surface area contributed by atoms with Crippen molar-refractivity contribution in [3.05, 3.63) is 34.2 Å². The van der Waals surface area contributed by atoms with Gasteiger partial charge in [-0.2, -0.15) is 5.10 Å². The van der Waals surface area contributed by atoms with Crippen LogP contribution in [0.2, 0.25) is 0 Å². The fraction of sp³-hybridized carbons (Fsp3) is 0.353. The number of aromatic amines is 1. The number of fused-ring (bicyclic) bond motifs is 3. The molecule has 1 aliphatic carbocycles. The van der Waals surface area contributed by atoms with Gasteiger partial charge in [0.1, 0.15) is 11.3 Å². The molecule has 4 rings (SSSR count). The molecule has 0 atom stereocenters. The number of pyridine rings is 1. The monoisotopic (exact) mass is 327 g/mol. The van der Waals surface area contributed by atoms with Crippen LogP contribution in [-0.2, 0) is 0 Å². The molecule has 3 aromatic rings. The summed E-state index contributed by atoms with van der Waals surface area (Å²) in [7, 11) is 1.41. The molecular formula is C17H17N3O4. The van der Waals surface area contributed by atoms with E-state index in [-0.39, 0.29) is 22.9 Å². The Hall–Kier alpha value is -2.83. The lowest BCUT2D eigenvalue weighted by molar-refractivity contribution is 0.0693. The van der Waals surface area contributed by atoms with Gasteiger partial charge >= 0.3 is 5.97 Å². The zero-order valence-corrected chi connectivity index (χ0v) is 13.2. The van der Waals surface area contributed by atoms with E-state index >= 15 is 0 Å². The Kier molecular flexibility index (Phi) is 3.30. The van der Waals surface area contributed by atoms with Gasteiger partial charge in [0, 0.05) is 11.5 Å². The Labute approximate surface area is 136 Å². The van der Waals surface area contributed by atoms with E-state index in [0.717, 1.165) is 25.7 Å². The van der Waals surface area contributed by atoms with E-state index in [1.165, 1.54) is 7.11 Å². The summed E-state index contributed by atoms with van der Waals surface area (Å²) in [6.45, 7) is 0. The Morgan fingerprint density at radius 2 is 2.08 bits per heavy atom. The number of nitrogens with zero attached hydrogens (tertiary/aromatic N) is 2. The van der Waals surface area contributed by atoms with E-state index in [1.807, 2.05) is 4.68 Å². The van der Waals surface area contributed by atoms with Gasteiger partial charge in [0.15, 0.2) is 0 Å². The molecule has 2 aromatic heterocycles. The van der Waals surface area contributed by atoms with Gasteiger partial charge in [-0.05, 0) is 18.9 Å². The summed E-state index contributed by atoms with van der Waals surface area (Å²) in [6, 6.07) is 3.37. The Morgan fingerprint density at radius 3 is 2.75 bits per heavy atom. The fourth-order valence-electron chi connectivity index (χ4n) is 3.63. The Morgan fingerprint density at radius 1 is 1.33 bits per heavy atom. The first-order valence-corrected chi connectivity index (χ1v) is 7.94. The van der Waals surface area contributed by atoms with Crippen LogP contribution >= 0.6 is 0 Å². The van der Waals surface area contributed by atoms with Crippen LogP contribution < -0.4 is 10.3 Å². The van der Waals surface area contributed by atoms with Crippen LogP contribution in [0.1, 0.15) is 42.1 Å². The zero-order chi connectivity index (χ0) is 16.8. The van der Waals surface area contributed by atoms with Crippen molar-refractivity contribution in [2.24, 2.45) is 0 Å². The first-order valence-electron chi connectivity index (χ1n) is 7.94. The van der Waals surface area contributed by atoms with Gasteiger partial charge in [-0.15, -0.1) is 0 Å². The van der Waals surface area contributed by atoms with Crippen molar-refractivity contribution in [2.45, 2.75) is 31.7 Å². The molecule has 0 aliphatic heterocycles. The number of methoxy groups -OCH3 is 1. The van der Waals surface area contributed by atoms with Crippen LogP contribution in [0, 0.1) is 0 Å². The normalized spacial score (nSPS) is 15.4. The van der Waals surface area contributed by atoms with E-state index in [1.54, 1.807) is 18.3 Å². The minimum atomic E-state index is -1.07. The molecule has 0 amide bonds. The summed E-state index contributed by atoms with van der Waals surface area (Å²) >= 11 is 0. The molecule has 1 saturated carbocycles. The summed E-state index contributed by atoms with van der Waals surface area (Å²) in [5.41, 5.74) is 1.09. The van der Waals surface area contributed by atoms with Gasteiger partial charge in [0.2, 0.25) is 0 Å². The van der Waals surface area contributed by atoms with E-state index in [4.69, 9.17) is 4.74 Å². The maximum atomic E-state index is 12.4. The standard InChI is InChI=1S/C17H17N3O4/c1-24-14-7-13-10(6-11(14)17(22)23)15-12(16(21)19-13)8-18-20(15)9-4-2-3-5-9/h6-9H,2-5H2,1H3,(H,19,21)(H,22,23). The number of carboxylic acid groups (broad SMARTS) is 1. The number of ether oxygens (including phenoxy) is 1. The number of hydrogen-bond acceptors (Lipinski definition) is 4. The number of carboxylic acids is 1. The highest BCUT2D eigenvalue weighted by atomic mass is 16.5. The molecule has 2 N–H and O–H groups in total. The molecule has 1 aliphatic rings. The van der Waals surface area contributed by atoms with Crippen LogP contribution in [-0.4, -0.2) is 33.0 Å². The lowest BCUT2D eigenvalue weighted by Crippen LogP contribution is -2.11. The lowest BCUT2D eigenvalue weighted by Gasteiger charge is -2.14. The van der Waals surface area contributed by atoms with E-state index < -0.39 is 5.97 Å². The minimum absolute atomic E-state index is 0.0671. The molecule has 24 heavy (non-hydrogen) atoms. The highest BCUT2D eigenvalue weighted by Gasteiger charge is 2.23. The Bertz CT molecular complexity index is 1010. The van der Waals surface area contributed by atoms with Gasteiger partial charge < -0.3 is 14.8 Å². The molecular weight excluding hydrogens is 310 g/mol. The number of carbonyl (C=O) groups is 1. The first-order chi connectivity index (χ1) is 11.6. The SMILES string of the molecule is COc1cc2[nH]c(=O)c3cnn(C4CCCC4)c3c2cc1C(=O)O. The number of aromatic nitrogens is 3. The third-order valence-corrected chi connectivity index (χ3v) is 4.78. The molecule has 1 fully saturated rings. The van der Waals surface area contributed by atoms with E-state index in [9.17, 15) is 14.7 Å². The molecule has 7 heteroatoms. The van der Waals surface area contributed by atoms with Gasteiger partial charge in [-0.25, -0.2) is 4.79 Å². The number of rotatable bonds is 3. The van der Waals surface area contributed by atoms with Crippen molar-refractivity contribution in [3.63, 3.8) is 0 Å². The number of nitrogens with one attached hydrogen (secondary N) is 1. The van der Waals surface area contributed by atoms with Crippen molar-refractivity contribution >= 4 is 27.8 Å². The van der Waals surface area contributed by atoms with Crippen LogP contribution in [0.3, 0.4) is 0 Å². The summed E-state index contributed by atoms with van der Waals surface area (Å²) in [5, 5.41) is 15.0. The fourth-order valence-corrected chi connectivity index (χ4v) is 3.63. The van der Waals surface area contributed by atoms with Crippen molar-refractivity contribution in [2.75, 3.05) is 7.11 Å². The number of aromatic carboxylic acids is 1. The molecule has 0 unspecified atom stereocenters. The van der Waals surface area contributed by atoms with E-state index in [0.29, 0.717) is 21.8 Å². The van der Waals surface area contributed by atoms with Crippen LogP contribution in [0.25, 0.3) is 21.8 Å². The number of benzene rings is 1. The van der Waals surface area contributed by atoms with Gasteiger partial charge in [0.25, 0.3) is 5.56 Å². The van der Waals surface area contributed by atoms with Crippen LogP contribution in [0.15, 0.2) is 23.1 Å². The predicted octanol–water partition coefficient (Wildman–Crippen LogP) is 2.70. The van der Waals surface area contributed by atoms with E-state index in [2.05, 4.69) is 10.1 Å². The predicted molar refractivity (Wildman–Crippen MR) is 88.9 cm³/mol. The van der Waals surface area contributed by atoms with Crippen molar-refractivity contribution in [1.82, 2.24) is 14.8 Å². The summed E-state index contributed by atoms with van der Waals surface area (Å²) in [5.74, 6) is -0.850. The highest BCUT2D eigenvalue weighted by molar-refractivity contribution is 6.07. The number of hydrogen-bond donors (Lipinski definition) is 2.